The third-order valence-electron chi connectivity index (χ3n) is 4.33. The highest BCUT2D eigenvalue weighted by molar-refractivity contribution is 5.28. The summed E-state index contributed by atoms with van der Waals surface area (Å²) in [5.74, 6) is 0. The average molecular weight is 291 g/mol. The minimum absolute atomic E-state index is 0.111. The fourth-order valence-corrected chi connectivity index (χ4v) is 2.82. The second-order valence-electron chi connectivity index (χ2n) is 5.74. The lowest BCUT2D eigenvalue weighted by Crippen LogP contribution is -2.35. The van der Waals surface area contributed by atoms with E-state index in [0.717, 1.165) is 32.7 Å². The predicted molar refractivity (Wildman–Crippen MR) is 92.6 cm³/mol. The number of likely N-dealkylation sites (N-methyl/N-ethyl adjacent to an activating group) is 1. The molecule has 0 aliphatic heterocycles. The third kappa shape index (κ3) is 6.16. The predicted octanol–water partition coefficient (Wildman–Crippen LogP) is 3.05. The summed E-state index contributed by atoms with van der Waals surface area (Å²) in [5.41, 5.74) is 8.98. The highest BCUT2D eigenvalue weighted by Gasteiger charge is 2.13. The minimum Gasteiger partial charge on any atom is -0.323 e. The summed E-state index contributed by atoms with van der Waals surface area (Å²) < 4.78 is 0. The van der Waals surface area contributed by atoms with Crippen LogP contribution < -0.4 is 5.73 Å². The summed E-state index contributed by atoms with van der Waals surface area (Å²) >= 11 is 0. The van der Waals surface area contributed by atoms with Crippen LogP contribution in [0.25, 0.3) is 0 Å². The topological polar surface area (TPSA) is 32.5 Å². The number of hydrogen-bond donors (Lipinski definition) is 1. The summed E-state index contributed by atoms with van der Waals surface area (Å²) in [6.45, 7) is 15.4. The molecule has 1 atom stereocenters. The fraction of sp³-hybridized carbons (Fsp3) is 0.667. The van der Waals surface area contributed by atoms with E-state index in [9.17, 15) is 0 Å². The summed E-state index contributed by atoms with van der Waals surface area (Å²) in [7, 11) is 0. The van der Waals surface area contributed by atoms with Crippen molar-refractivity contribution in [2.75, 3.05) is 39.3 Å². The van der Waals surface area contributed by atoms with Gasteiger partial charge in [0.15, 0.2) is 0 Å². The first kappa shape index (κ1) is 18.1. The maximum atomic E-state index is 6.40. The van der Waals surface area contributed by atoms with Gasteiger partial charge in [-0.15, -0.1) is 0 Å². The van der Waals surface area contributed by atoms with Crippen LogP contribution in [0, 0.1) is 6.92 Å². The monoisotopic (exact) mass is 291 g/mol. The molecule has 120 valence electrons. The molecule has 0 aliphatic carbocycles. The second-order valence-corrected chi connectivity index (χ2v) is 5.74. The van der Waals surface area contributed by atoms with Gasteiger partial charge in [0.25, 0.3) is 0 Å². The van der Waals surface area contributed by atoms with Gasteiger partial charge in [-0.2, -0.15) is 0 Å². The number of nitrogens with zero attached hydrogens (tertiary/aromatic N) is 2. The minimum atomic E-state index is 0.111. The molecule has 1 unspecified atom stereocenters. The van der Waals surface area contributed by atoms with Crippen LogP contribution in [0.5, 0.6) is 0 Å². The summed E-state index contributed by atoms with van der Waals surface area (Å²) in [6.07, 6.45) is 1.22. The van der Waals surface area contributed by atoms with Crippen molar-refractivity contribution in [1.29, 1.82) is 0 Å². The van der Waals surface area contributed by atoms with Crippen molar-refractivity contribution < 1.29 is 0 Å². The molecule has 3 nitrogen and oxygen atoms in total. The van der Waals surface area contributed by atoms with Gasteiger partial charge in [-0.1, -0.05) is 45.0 Å². The lowest BCUT2D eigenvalue weighted by Gasteiger charge is -2.26. The van der Waals surface area contributed by atoms with Crippen LogP contribution in [0.4, 0.5) is 0 Å². The Hall–Kier alpha value is -0.900. The molecule has 21 heavy (non-hydrogen) atoms. The smallest absolute Gasteiger partial charge is 0.0426 e. The fourth-order valence-electron chi connectivity index (χ4n) is 2.82. The molecule has 1 aromatic carbocycles. The molecule has 0 radical (unpaired) electrons. The van der Waals surface area contributed by atoms with Crippen molar-refractivity contribution in [2.45, 2.75) is 40.2 Å². The largest absolute Gasteiger partial charge is 0.323 e. The molecule has 0 aliphatic rings. The average Bonchev–Trinajstić information content (AvgIpc) is 2.50. The highest BCUT2D eigenvalue weighted by atomic mass is 15.1. The Kier molecular flexibility index (Phi) is 8.58. The van der Waals surface area contributed by atoms with Crippen LogP contribution in [-0.4, -0.2) is 49.1 Å². The Labute approximate surface area is 131 Å². The van der Waals surface area contributed by atoms with Gasteiger partial charge in [-0.05, 0) is 57.2 Å². The van der Waals surface area contributed by atoms with Crippen molar-refractivity contribution in [1.82, 2.24) is 9.80 Å². The molecule has 0 saturated carbocycles. The van der Waals surface area contributed by atoms with E-state index in [4.69, 9.17) is 5.73 Å². The van der Waals surface area contributed by atoms with E-state index in [1.165, 1.54) is 24.1 Å². The zero-order valence-corrected chi connectivity index (χ0v) is 14.3. The van der Waals surface area contributed by atoms with Crippen LogP contribution in [-0.2, 0) is 0 Å². The molecule has 0 amide bonds. The first-order valence-corrected chi connectivity index (χ1v) is 8.38. The van der Waals surface area contributed by atoms with Crippen molar-refractivity contribution in [3.8, 4) is 0 Å². The Morgan fingerprint density at radius 2 is 1.52 bits per heavy atom. The number of hydrogen-bond acceptors (Lipinski definition) is 3. The van der Waals surface area contributed by atoms with Crippen LogP contribution in [0.3, 0.4) is 0 Å². The van der Waals surface area contributed by atoms with Crippen LogP contribution in [0.2, 0.25) is 0 Å². The zero-order valence-electron chi connectivity index (χ0n) is 14.3. The van der Waals surface area contributed by atoms with Crippen LogP contribution in [0.1, 0.15) is 44.4 Å². The van der Waals surface area contributed by atoms with E-state index in [1.807, 2.05) is 0 Å². The molecular weight excluding hydrogens is 258 g/mol. The quantitative estimate of drug-likeness (QED) is 0.719. The number of nitrogens with two attached hydrogens (primary N) is 1. The van der Waals surface area contributed by atoms with Crippen molar-refractivity contribution in [2.24, 2.45) is 5.73 Å². The van der Waals surface area contributed by atoms with Gasteiger partial charge in [0.05, 0.1) is 0 Å². The molecule has 0 heterocycles. The molecular formula is C18H33N3. The SMILES string of the molecule is CCN(CC)CCCN(CC)CC(N)c1ccccc1C. The lowest BCUT2D eigenvalue weighted by molar-refractivity contribution is 0.234. The standard InChI is InChI=1S/C18H33N3/c1-5-20(6-2)13-10-14-21(7-3)15-18(19)17-12-9-8-11-16(17)4/h8-9,11-12,18H,5-7,10,13-15,19H2,1-4H3. The van der Waals surface area contributed by atoms with Gasteiger partial charge >= 0.3 is 0 Å². The van der Waals surface area contributed by atoms with Gasteiger partial charge < -0.3 is 15.5 Å². The van der Waals surface area contributed by atoms with Gasteiger partial charge in [-0.25, -0.2) is 0 Å². The molecule has 3 heteroatoms. The van der Waals surface area contributed by atoms with Crippen molar-refractivity contribution >= 4 is 0 Å². The Morgan fingerprint density at radius 1 is 0.952 bits per heavy atom. The molecule has 0 aromatic heterocycles. The highest BCUT2D eigenvalue weighted by Crippen LogP contribution is 2.16. The first-order valence-electron chi connectivity index (χ1n) is 8.38. The molecule has 1 rings (SSSR count). The maximum Gasteiger partial charge on any atom is 0.0426 e. The Bertz CT molecular complexity index is 388. The maximum absolute atomic E-state index is 6.40. The first-order chi connectivity index (χ1) is 10.1. The van der Waals surface area contributed by atoms with E-state index in [2.05, 4.69) is 61.8 Å². The third-order valence-corrected chi connectivity index (χ3v) is 4.33. The molecule has 0 bridgehead atoms. The van der Waals surface area contributed by atoms with Crippen LogP contribution >= 0.6 is 0 Å². The van der Waals surface area contributed by atoms with Crippen LogP contribution in [0.15, 0.2) is 24.3 Å². The van der Waals surface area contributed by atoms with E-state index in [-0.39, 0.29) is 6.04 Å². The van der Waals surface area contributed by atoms with Gasteiger partial charge in [0, 0.05) is 12.6 Å². The second kappa shape index (κ2) is 9.93. The molecule has 2 N–H and O–H groups in total. The normalized spacial score (nSPS) is 13.1. The number of aryl methyl sites for hydroxylation is 1. The number of benzene rings is 1. The summed E-state index contributed by atoms with van der Waals surface area (Å²) in [4.78, 5) is 4.95. The van der Waals surface area contributed by atoms with Crippen molar-refractivity contribution in [3.63, 3.8) is 0 Å². The van der Waals surface area contributed by atoms with Gasteiger partial charge in [0.2, 0.25) is 0 Å². The zero-order chi connectivity index (χ0) is 15.7. The van der Waals surface area contributed by atoms with Gasteiger partial charge in [0.1, 0.15) is 0 Å². The lowest BCUT2D eigenvalue weighted by atomic mass is 10.0. The van der Waals surface area contributed by atoms with E-state index >= 15 is 0 Å². The van der Waals surface area contributed by atoms with E-state index in [0.29, 0.717) is 0 Å². The molecule has 0 saturated heterocycles. The van der Waals surface area contributed by atoms with Gasteiger partial charge in [-0.3, -0.25) is 0 Å². The molecule has 0 fully saturated rings. The molecule has 0 spiro atoms. The summed E-state index contributed by atoms with van der Waals surface area (Å²) in [5, 5.41) is 0. The number of rotatable bonds is 10. The van der Waals surface area contributed by atoms with E-state index < -0.39 is 0 Å². The van der Waals surface area contributed by atoms with Crippen molar-refractivity contribution in [3.05, 3.63) is 35.4 Å². The van der Waals surface area contributed by atoms with E-state index in [1.54, 1.807) is 0 Å². The summed E-state index contributed by atoms with van der Waals surface area (Å²) in [6, 6.07) is 8.57. The Balaban J connectivity index is 2.45. The Morgan fingerprint density at radius 3 is 2.10 bits per heavy atom. The molecule has 1 aromatic rings.